The highest BCUT2D eigenvalue weighted by Gasteiger charge is 2.36. The molecule has 7 nitrogen and oxygen atoms in total. The maximum Gasteiger partial charge on any atom is 0.411 e. The fourth-order valence-corrected chi connectivity index (χ4v) is 4.43. The quantitative estimate of drug-likeness (QED) is 0.439. The van der Waals surface area contributed by atoms with Gasteiger partial charge in [0.2, 0.25) is 11.8 Å². The summed E-state index contributed by atoms with van der Waals surface area (Å²) < 4.78 is 5.54. The zero-order chi connectivity index (χ0) is 25.0. The van der Waals surface area contributed by atoms with Crippen molar-refractivity contribution in [2.24, 2.45) is 5.73 Å². The minimum atomic E-state index is -0.778. The number of hydrogen-bond donors (Lipinski definition) is 2. The molecule has 3 rings (SSSR count). The average molecular weight is 480 g/mol. The van der Waals surface area contributed by atoms with Crippen LogP contribution in [0, 0.1) is 0 Å². The van der Waals surface area contributed by atoms with Crippen LogP contribution in [0.25, 0.3) is 0 Å². The van der Waals surface area contributed by atoms with Crippen LogP contribution in [-0.2, 0) is 33.9 Å². The number of primary amides is 1. The van der Waals surface area contributed by atoms with Crippen molar-refractivity contribution < 1.29 is 19.1 Å². The molecule has 3 amide bonds. The van der Waals surface area contributed by atoms with Gasteiger partial charge in [0.25, 0.3) is 0 Å². The molecule has 0 spiro atoms. The Balaban J connectivity index is 1.66. The summed E-state index contributed by atoms with van der Waals surface area (Å²) >= 11 is 0. The number of rotatable bonds is 12. The molecule has 0 bridgehead atoms. The third kappa shape index (κ3) is 7.84. The van der Waals surface area contributed by atoms with Crippen LogP contribution in [0.4, 0.5) is 4.79 Å². The summed E-state index contributed by atoms with van der Waals surface area (Å²) in [4.78, 5) is 39.9. The highest BCUT2D eigenvalue weighted by atomic mass is 16.6. The molecule has 0 aromatic heterocycles. The van der Waals surface area contributed by atoms with Gasteiger partial charge in [-0.3, -0.25) is 14.5 Å². The van der Waals surface area contributed by atoms with Crippen molar-refractivity contribution in [1.29, 1.82) is 0 Å². The molecule has 0 saturated heterocycles. The minimum absolute atomic E-state index is 0.119. The van der Waals surface area contributed by atoms with Crippen LogP contribution in [0.15, 0.2) is 54.6 Å². The van der Waals surface area contributed by atoms with E-state index in [0.29, 0.717) is 12.8 Å². The predicted octanol–water partition coefficient (Wildman–Crippen LogP) is 4.47. The normalized spacial score (nSPS) is 15.7. The van der Waals surface area contributed by atoms with E-state index in [1.807, 2.05) is 54.6 Å². The fraction of sp³-hybridized carbons (Fsp3) is 0.464. The second kappa shape index (κ2) is 13.5. The molecule has 2 aromatic rings. The third-order valence-corrected chi connectivity index (χ3v) is 6.50. The Morgan fingerprint density at radius 2 is 1.63 bits per heavy atom. The Morgan fingerprint density at radius 1 is 0.971 bits per heavy atom. The zero-order valence-electron chi connectivity index (χ0n) is 20.6. The van der Waals surface area contributed by atoms with Crippen molar-refractivity contribution in [1.82, 2.24) is 10.2 Å². The topological polar surface area (TPSA) is 102 Å². The van der Waals surface area contributed by atoms with E-state index in [-0.39, 0.29) is 19.1 Å². The second-order valence-electron chi connectivity index (χ2n) is 9.18. The Hall–Kier alpha value is -3.35. The molecular formula is C28H37N3O4. The number of nitrogens with two attached hydrogens (primary N) is 1. The number of fused-ring (bicyclic) bond motifs is 1. The smallest absolute Gasteiger partial charge is 0.411 e. The summed E-state index contributed by atoms with van der Waals surface area (Å²) in [7, 11) is 0. The first-order chi connectivity index (χ1) is 17.0. The van der Waals surface area contributed by atoms with E-state index in [0.717, 1.165) is 36.0 Å². The minimum Gasteiger partial charge on any atom is -0.445 e. The molecule has 0 saturated carbocycles. The van der Waals surface area contributed by atoms with Crippen LogP contribution in [0.5, 0.6) is 0 Å². The molecule has 1 aliphatic rings. The average Bonchev–Trinajstić information content (AvgIpc) is 2.88. The van der Waals surface area contributed by atoms with Gasteiger partial charge in [0.05, 0.1) is 6.54 Å². The molecular weight excluding hydrogens is 442 g/mol. The van der Waals surface area contributed by atoms with Gasteiger partial charge in [-0.1, -0.05) is 100 Å². The maximum atomic E-state index is 13.3. The Morgan fingerprint density at radius 3 is 2.34 bits per heavy atom. The lowest BCUT2D eigenvalue weighted by Gasteiger charge is -2.35. The van der Waals surface area contributed by atoms with E-state index < -0.39 is 24.1 Å². The molecule has 7 heteroatoms. The number of nitrogens with one attached hydrogen (secondary N) is 1. The summed E-state index contributed by atoms with van der Waals surface area (Å²) in [6, 6.07) is 15.6. The molecule has 35 heavy (non-hydrogen) atoms. The van der Waals surface area contributed by atoms with E-state index in [1.165, 1.54) is 24.2 Å². The first kappa shape index (κ1) is 26.3. The van der Waals surface area contributed by atoms with E-state index in [9.17, 15) is 14.4 Å². The molecule has 0 radical (unpaired) electrons. The van der Waals surface area contributed by atoms with Gasteiger partial charge >= 0.3 is 6.09 Å². The standard InChI is InChI=1S/C28H37N3O4/c1-2-3-4-5-6-10-17-24(26(29)32)30-27(33)25-18-22-15-11-12-16-23(22)19-31(25)28(34)35-20-21-13-8-7-9-14-21/h7-9,11-16,24-25H,2-6,10,17-20H2,1H3,(H2,29,32)(H,30,33)/t24-,25+/m1/s1. The van der Waals surface area contributed by atoms with E-state index in [2.05, 4.69) is 12.2 Å². The zero-order valence-corrected chi connectivity index (χ0v) is 20.6. The molecule has 0 aliphatic carbocycles. The summed E-state index contributed by atoms with van der Waals surface area (Å²) in [5.74, 6) is -0.938. The van der Waals surface area contributed by atoms with Gasteiger partial charge < -0.3 is 15.8 Å². The van der Waals surface area contributed by atoms with Crippen molar-refractivity contribution in [2.75, 3.05) is 0 Å². The highest BCUT2D eigenvalue weighted by molar-refractivity contribution is 5.91. The van der Waals surface area contributed by atoms with Gasteiger partial charge in [0.15, 0.2) is 0 Å². The van der Waals surface area contributed by atoms with Crippen LogP contribution in [0.3, 0.4) is 0 Å². The Labute approximate surface area is 208 Å². The number of benzene rings is 2. The number of ether oxygens (including phenoxy) is 1. The second-order valence-corrected chi connectivity index (χ2v) is 9.18. The van der Waals surface area contributed by atoms with E-state index in [1.54, 1.807) is 0 Å². The SMILES string of the molecule is CCCCCCCC[C@@H](NC(=O)[C@@H]1Cc2ccccc2CN1C(=O)OCc1ccccc1)C(N)=O. The van der Waals surface area contributed by atoms with Crippen molar-refractivity contribution >= 4 is 17.9 Å². The van der Waals surface area contributed by atoms with Crippen molar-refractivity contribution in [3.8, 4) is 0 Å². The van der Waals surface area contributed by atoms with Crippen molar-refractivity contribution in [3.05, 3.63) is 71.3 Å². The van der Waals surface area contributed by atoms with Crippen LogP contribution >= 0.6 is 0 Å². The molecule has 2 atom stereocenters. The third-order valence-electron chi connectivity index (χ3n) is 6.50. The van der Waals surface area contributed by atoms with E-state index >= 15 is 0 Å². The summed E-state index contributed by atoms with van der Waals surface area (Å²) in [6.07, 6.45) is 6.75. The summed E-state index contributed by atoms with van der Waals surface area (Å²) in [6.45, 7) is 2.55. The number of nitrogens with zero attached hydrogens (tertiary/aromatic N) is 1. The Bertz CT molecular complexity index is 979. The Kier molecular flexibility index (Phi) is 10.1. The highest BCUT2D eigenvalue weighted by Crippen LogP contribution is 2.25. The number of hydrogen-bond acceptors (Lipinski definition) is 4. The van der Waals surface area contributed by atoms with Crippen LogP contribution in [-0.4, -0.2) is 34.9 Å². The number of amides is 3. The predicted molar refractivity (Wildman–Crippen MR) is 135 cm³/mol. The van der Waals surface area contributed by atoms with Gasteiger partial charge in [-0.2, -0.15) is 0 Å². The van der Waals surface area contributed by atoms with E-state index in [4.69, 9.17) is 10.5 Å². The number of carbonyl (C=O) groups is 3. The van der Waals surface area contributed by atoms with Crippen LogP contribution in [0.1, 0.15) is 68.6 Å². The molecule has 1 aliphatic heterocycles. The molecule has 2 aromatic carbocycles. The monoisotopic (exact) mass is 479 g/mol. The van der Waals surface area contributed by atoms with Crippen molar-refractivity contribution in [2.45, 2.75) is 83.5 Å². The lowest BCUT2D eigenvalue weighted by Crippen LogP contribution is -2.56. The maximum absolute atomic E-state index is 13.3. The molecule has 0 unspecified atom stereocenters. The first-order valence-electron chi connectivity index (χ1n) is 12.6. The number of carbonyl (C=O) groups excluding carboxylic acids is 3. The fourth-order valence-electron chi connectivity index (χ4n) is 4.43. The lowest BCUT2D eigenvalue weighted by atomic mass is 9.93. The number of unbranched alkanes of at least 4 members (excludes halogenated alkanes) is 5. The summed E-state index contributed by atoms with van der Waals surface area (Å²) in [5.41, 5.74) is 8.45. The van der Waals surface area contributed by atoms with Gasteiger partial charge in [-0.05, 0) is 23.1 Å². The van der Waals surface area contributed by atoms with Crippen molar-refractivity contribution in [3.63, 3.8) is 0 Å². The first-order valence-corrected chi connectivity index (χ1v) is 12.6. The molecule has 188 valence electrons. The summed E-state index contributed by atoms with van der Waals surface area (Å²) in [5, 5.41) is 2.81. The van der Waals surface area contributed by atoms with Gasteiger partial charge in [0.1, 0.15) is 18.7 Å². The van der Waals surface area contributed by atoms with Gasteiger partial charge in [-0.25, -0.2) is 4.79 Å². The van der Waals surface area contributed by atoms with Gasteiger partial charge in [0, 0.05) is 6.42 Å². The molecule has 0 fully saturated rings. The van der Waals surface area contributed by atoms with Crippen LogP contribution < -0.4 is 11.1 Å². The largest absolute Gasteiger partial charge is 0.445 e. The lowest BCUT2D eigenvalue weighted by molar-refractivity contribution is -0.131. The molecule has 3 N–H and O–H groups in total. The molecule has 1 heterocycles. The van der Waals surface area contributed by atoms with Crippen LogP contribution in [0.2, 0.25) is 0 Å². The van der Waals surface area contributed by atoms with Gasteiger partial charge in [-0.15, -0.1) is 0 Å².